The van der Waals surface area contributed by atoms with Crippen LogP contribution in [-0.2, 0) is 4.74 Å². The molecular formula is C21H25N3O3. The molecule has 0 unspecified atom stereocenters. The van der Waals surface area contributed by atoms with Crippen molar-refractivity contribution in [1.29, 1.82) is 0 Å². The lowest BCUT2D eigenvalue weighted by molar-refractivity contribution is 0.0903. The number of furan rings is 1. The maximum Gasteiger partial charge on any atom is 0.287 e. The molecule has 2 aromatic rings. The largest absolute Gasteiger partial charge is 0.451 e. The number of hydrogen-bond acceptors (Lipinski definition) is 5. The summed E-state index contributed by atoms with van der Waals surface area (Å²) < 4.78 is 11.2. The molecule has 4 heterocycles. The first-order chi connectivity index (χ1) is 13.3. The summed E-state index contributed by atoms with van der Waals surface area (Å²) in [4.78, 5) is 14.8. The summed E-state index contributed by atoms with van der Waals surface area (Å²) in [6.07, 6.45) is 3.39. The average molecular weight is 367 g/mol. The van der Waals surface area contributed by atoms with Crippen LogP contribution in [0.25, 0.3) is 11.3 Å². The monoisotopic (exact) mass is 367 g/mol. The number of fused-ring (bicyclic) bond motifs is 2. The molecule has 2 N–H and O–H groups in total. The van der Waals surface area contributed by atoms with E-state index in [0.29, 0.717) is 17.8 Å². The van der Waals surface area contributed by atoms with E-state index in [2.05, 4.69) is 27.7 Å². The van der Waals surface area contributed by atoms with E-state index in [-0.39, 0.29) is 11.9 Å². The van der Waals surface area contributed by atoms with Crippen molar-refractivity contribution in [2.24, 2.45) is 0 Å². The van der Waals surface area contributed by atoms with Gasteiger partial charge in [0, 0.05) is 42.5 Å². The van der Waals surface area contributed by atoms with Crippen molar-refractivity contribution >= 4 is 11.6 Å². The van der Waals surface area contributed by atoms with Gasteiger partial charge in [0.15, 0.2) is 5.76 Å². The molecule has 0 spiro atoms. The number of rotatable bonds is 4. The minimum absolute atomic E-state index is 0.120. The molecule has 142 valence electrons. The van der Waals surface area contributed by atoms with Crippen LogP contribution in [0.2, 0.25) is 0 Å². The summed E-state index contributed by atoms with van der Waals surface area (Å²) in [6.45, 7) is 3.39. The fourth-order valence-electron chi connectivity index (χ4n) is 4.50. The smallest absolute Gasteiger partial charge is 0.287 e. The van der Waals surface area contributed by atoms with Gasteiger partial charge in [-0.15, -0.1) is 0 Å². The lowest BCUT2D eigenvalue weighted by Gasteiger charge is -2.28. The van der Waals surface area contributed by atoms with E-state index < -0.39 is 0 Å². The first kappa shape index (κ1) is 16.8. The summed E-state index contributed by atoms with van der Waals surface area (Å²) in [5, 5.41) is 6.67. The van der Waals surface area contributed by atoms with E-state index in [9.17, 15) is 4.79 Å². The van der Waals surface area contributed by atoms with Gasteiger partial charge in [0.05, 0.1) is 13.2 Å². The van der Waals surface area contributed by atoms with Crippen LogP contribution in [-0.4, -0.2) is 50.3 Å². The molecule has 1 aromatic heterocycles. The standard InChI is InChI=1S/C21H25N3O3/c25-21(23-18-13-15-3-6-17(18)22-15)20-8-7-19(27-20)14-1-4-16(5-2-14)24-9-11-26-12-10-24/h1-2,4-5,7-8,15,17-18,22H,3,6,9-13H2,(H,23,25)/t15-,17+,18-/m1/s1. The van der Waals surface area contributed by atoms with Crippen LogP contribution in [0.5, 0.6) is 0 Å². The SMILES string of the molecule is O=C(N[C@@H]1C[C@H]2CC[C@@H]1N2)c1ccc(-c2ccc(N3CCOCC3)cc2)o1. The molecule has 6 nitrogen and oxygen atoms in total. The number of carbonyl (C=O) groups excluding carboxylic acids is 1. The summed E-state index contributed by atoms with van der Waals surface area (Å²) >= 11 is 0. The van der Waals surface area contributed by atoms with E-state index in [0.717, 1.165) is 50.5 Å². The molecule has 3 aliphatic heterocycles. The van der Waals surface area contributed by atoms with Crippen molar-refractivity contribution < 1.29 is 13.9 Å². The number of ether oxygens (including phenoxy) is 1. The zero-order valence-electron chi connectivity index (χ0n) is 15.3. The van der Waals surface area contributed by atoms with Crippen molar-refractivity contribution in [2.45, 2.75) is 37.4 Å². The maximum absolute atomic E-state index is 12.5. The van der Waals surface area contributed by atoms with Gasteiger partial charge in [0.1, 0.15) is 5.76 Å². The Morgan fingerprint density at radius 2 is 1.89 bits per heavy atom. The van der Waals surface area contributed by atoms with Crippen LogP contribution in [0.15, 0.2) is 40.8 Å². The number of morpholine rings is 1. The van der Waals surface area contributed by atoms with Crippen molar-refractivity contribution in [3.05, 3.63) is 42.2 Å². The Morgan fingerprint density at radius 1 is 1.07 bits per heavy atom. The summed E-state index contributed by atoms with van der Waals surface area (Å²) in [5.74, 6) is 0.982. The lowest BCUT2D eigenvalue weighted by Crippen LogP contribution is -2.42. The highest BCUT2D eigenvalue weighted by Gasteiger charge is 2.39. The molecule has 0 saturated carbocycles. The number of nitrogens with one attached hydrogen (secondary N) is 2. The van der Waals surface area contributed by atoms with Crippen molar-refractivity contribution in [3.63, 3.8) is 0 Å². The van der Waals surface area contributed by atoms with Gasteiger partial charge in [-0.3, -0.25) is 4.79 Å². The number of nitrogens with zero attached hydrogens (tertiary/aromatic N) is 1. The van der Waals surface area contributed by atoms with Crippen LogP contribution in [0.1, 0.15) is 29.8 Å². The van der Waals surface area contributed by atoms with Crippen molar-refractivity contribution in [3.8, 4) is 11.3 Å². The van der Waals surface area contributed by atoms with E-state index in [1.165, 1.54) is 12.1 Å². The van der Waals surface area contributed by atoms with Gasteiger partial charge in [-0.2, -0.15) is 0 Å². The third-order valence-corrected chi connectivity index (χ3v) is 5.97. The summed E-state index contributed by atoms with van der Waals surface area (Å²) in [5.41, 5.74) is 2.17. The Balaban J connectivity index is 1.25. The minimum atomic E-state index is -0.120. The molecule has 6 heteroatoms. The van der Waals surface area contributed by atoms with Crippen LogP contribution in [0.4, 0.5) is 5.69 Å². The van der Waals surface area contributed by atoms with Crippen LogP contribution in [0, 0.1) is 0 Å². The number of hydrogen-bond donors (Lipinski definition) is 2. The second kappa shape index (κ2) is 7.02. The molecule has 0 aliphatic carbocycles. The highest BCUT2D eigenvalue weighted by Crippen LogP contribution is 2.29. The maximum atomic E-state index is 12.5. The third-order valence-electron chi connectivity index (χ3n) is 5.97. The molecule has 2 bridgehead atoms. The van der Waals surface area contributed by atoms with E-state index in [4.69, 9.17) is 9.15 Å². The van der Waals surface area contributed by atoms with Crippen LogP contribution >= 0.6 is 0 Å². The fraction of sp³-hybridized carbons (Fsp3) is 0.476. The first-order valence-corrected chi connectivity index (χ1v) is 9.86. The van der Waals surface area contributed by atoms with Gasteiger partial charge in [0.25, 0.3) is 5.91 Å². The van der Waals surface area contributed by atoms with Gasteiger partial charge in [-0.25, -0.2) is 0 Å². The fourth-order valence-corrected chi connectivity index (χ4v) is 4.50. The Morgan fingerprint density at radius 3 is 2.59 bits per heavy atom. The highest BCUT2D eigenvalue weighted by atomic mass is 16.5. The first-order valence-electron chi connectivity index (χ1n) is 9.86. The van der Waals surface area contributed by atoms with Crippen LogP contribution in [0.3, 0.4) is 0 Å². The lowest BCUT2D eigenvalue weighted by atomic mass is 9.95. The molecule has 3 atom stereocenters. The van der Waals surface area contributed by atoms with Crippen molar-refractivity contribution in [1.82, 2.24) is 10.6 Å². The van der Waals surface area contributed by atoms with Crippen molar-refractivity contribution in [2.75, 3.05) is 31.2 Å². The zero-order valence-corrected chi connectivity index (χ0v) is 15.3. The minimum Gasteiger partial charge on any atom is -0.451 e. The number of amides is 1. The second-order valence-corrected chi connectivity index (χ2v) is 7.67. The number of anilines is 1. The van der Waals surface area contributed by atoms with Gasteiger partial charge in [0.2, 0.25) is 0 Å². The molecular weight excluding hydrogens is 342 g/mol. The topological polar surface area (TPSA) is 66.7 Å². The molecule has 3 saturated heterocycles. The molecule has 27 heavy (non-hydrogen) atoms. The Labute approximate surface area is 158 Å². The number of carbonyl (C=O) groups is 1. The van der Waals surface area contributed by atoms with Gasteiger partial charge in [-0.05, 0) is 55.7 Å². The molecule has 1 amide bonds. The third kappa shape index (κ3) is 3.35. The normalized spacial score (nSPS) is 27.1. The van der Waals surface area contributed by atoms with E-state index >= 15 is 0 Å². The average Bonchev–Trinajstić information content (AvgIpc) is 3.46. The highest BCUT2D eigenvalue weighted by molar-refractivity contribution is 5.92. The van der Waals surface area contributed by atoms with E-state index in [1.807, 2.05) is 18.2 Å². The van der Waals surface area contributed by atoms with Gasteiger partial charge >= 0.3 is 0 Å². The quantitative estimate of drug-likeness (QED) is 0.869. The van der Waals surface area contributed by atoms with E-state index in [1.54, 1.807) is 6.07 Å². The molecule has 1 aromatic carbocycles. The molecule has 3 aliphatic rings. The zero-order chi connectivity index (χ0) is 18.2. The van der Waals surface area contributed by atoms with Gasteiger partial charge < -0.3 is 24.7 Å². The van der Waals surface area contributed by atoms with Crippen LogP contribution < -0.4 is 15.5 Å². The molecule has 0 radical (unpaired) electrons. The Bertz CT molecular complexity index is 810. The predicted molar refractivity (Wildman–Crippen MR) is 103 cm³/mol. The predicted octanol–water partition coefficient (Wildman–Crippen LogP) is 2.41. The molecule has 3 fully saturated rings. The number of benzene rings is 1. The second-order valence-electron chi connectivity index (χ2n) is 7.67. The Kier molecular flexibility index (Phi) is 4.38. The Hall–Kier alpha value is -2.31. The summed E-state index contributed by atoms with van der Waals surface area (Å²) in [7, 11) is 0. The summed E-state index contributed by atoms with van der Waals surface area (Å²) in [6, 6.07) is 13.1. The van der Waals surface area contributed by atoms with Gasteiger partial charge in [-0.1, -0.05) is 0 Å². The molecule has 5 rings (SSSR count).